The van der Waals surface area contributed by atoms with Gasteiger partial charge in [-0.3, -0.25) is 0 Å². The molecule has 2 aliphatic carbocycles. The van der Waals surface area contributed by atoms with Crippen LogP contribution in [0, 0.1) is 16.7 Å². The van der Waals surface area contributed by atoms with Crippen LogP contribution in [0.4, 0.5) is 0 Å². The molecule has 0 spiro atoms. The minimum absolute atomic E-state index is 0.129. The minimum Gasteiger partial charge on any atom is -0.464 e. The van der Waals surface area contributed by atoms with Gasteiger partial charge >= 0.3 is 0 Å². The van der Waals surface area contributed by atoms with Crippen LogP contribution in [-0.2, 0) is 4.74 Å². The van der Waals surface area contributed by atoms with Gasteiger partial charge in [0.15, 0.2) is 0 Å². The first-order valence-corrected chi connectivity index (χ1v) is 13.0. The van der Waals surface area contributed by atoms with Gasteiger partial charge in [-0.2, -0.15) is 0 Å². The van der Waals surface area contributed by atoms with Gasteiger partial charge in [0.2, 0.25) is 6.29 Å². The van der Waals surface area contributed by atoms with E-state index in [0.717, 1.165) is 25.0 Å². The Balaban J connectivity index is 1.74. The van der Waals surface area contributed by atoms with E-state index in [-0.39, 0.29) is 11.7 Å². The van der Waals surface area contributed by atoms with Crippen LogP contribution in [0.5, 0.6) is 5.75 Å². The third-order valence-corrected chi connectivity index (χ3v) is 7.47. The van der Waals surface area contributed by atoms with E-state index in [0.29, 0.717) is 23.9 Å². The number of hydrogen-bond donors (Lipinski definition) is 0. The third-order valence-electron chi connectivity index (χ3n) is 7.47. The molecule has 0 N–H and O–H groups in total. The number of hydrogen-bond acceptors (Lipinski definition) is 2. The molecule has 0 radical (unpaired) electrons. The summed E-state index contributed by atoms with van der Waals surface area (Å²) < 4.78 is 13.1. The number of rotatable bonds is 10. The summed E-state index contributed by atoms with van der Waals surface area (Å²) in [5.74, 6) is 2.12. The van der Waals surface area contributed by atoms with Crippen molar-refractivity contribution in [2.75, 3.05) is 6.61 Å². The SMILES string of the molecule is CCC1(C(OCC2=CCCC=C2)Oc2ccc(C(CC(C)(C)C)C(C)C)cc2)CCCC1. The zero-order valence-electron chi connectivity index (χ0n) is 21.5. The van der Waals surface area contributed by atoms with Crippen LogP contribution in [0.15, 0.2) is 48.1 Å². The largest absolute Gasteiger partial charge is 0.464 e. The van der Waals surface area contributed by atoms with Crippen LogP contribution in [0.1, 0.15) is 104 Å². The van der Waals surface area contributed by atoms with Crippen molar-refractivity contribution in [3.05, 3.63) is 53.6 Å². The van der Waals surface area contributed by atoms with Crippen LogP contribution in [0.3, 0.4) is 0 Å². The van der Waals surface area contributed by atoms with Crippen LogP contribution in [0.25, 0.3) is 0 Å². The molecule has 2 nitrogen and oxygen atoms in total. The summed E-state index contributed by atoms with van der Waals surface area (Å²) >= 11 is 0. The highest BCUT2D eigenvalue weighted by Gasteiger charge is 2.42. The van der Waals surface area contributed by atoms with Gasteiger partial charge in [-0.05, 0) is 79.0 Å². The van der Waals surface area contributed by atoms with E-state index in [2.05, 4.69) is 84.0 Å². The Morgan fingerprint density at radius 2 is 1.69 bits per heavy atom. The average molecular weight is 439 g/mol. The fourth-order valence-corrected chi connectivity index (χ4v) is 5.43. The van der Waals surface area contributed by atoms with Crippen molar-refractivity contribution in [3.63, 3.8) is 0 Å². The summed E-state index contributed by atoms with van der Waals surface area (Å²) in [6.45, 7) is 14.6. The zero-order chi connectivity index (χ0) is 23.2. The Labute approximate surface area is 197 Å². The van der Waals surface area contributed by atoms with Gasteiger partial charge in [0.05, 0.1) is 6.61 Å². The average Bonchev–Trinajstić information content (AvgIpc) is 3.26. The lowest BCUT2D eigenvalue weighted by molar-refractivity contribution is -0.152. The summed E-state index contributed by atoms with van der Waals surface area (Å²) in [6, 6.07) is 8.90. The standard InChI is InChI=1S/C30H46O2/c1-7-30(19-11-12-20-30)28(31-22-24-13-9-8-10-14-24)32-26-17-15-25(16-18-26)27(23(2)3)21-29(4,5)6/h9,13-18,23,27-28H,7-8,10-12,19-22H2,1-6H3. The first-order valence-electron chi connectivity index (χ1n) is 13.0. The lowest BCUT2D eigenvalue weighted by Gasteiger charge is -2.36. The first kappa shape index (κ1) is 25.1. The Hall–Kier alpha value is -1.54. The van der Waals surface area contributed by atoms with Gasteiger partial charge in [0.25, 0.3) is 0 Å². The molecule has 2 atom stereocenters. The van der Waals surface area contributed by atoms with E-state index >= 15 is 0 Å². The fourth-order valence-electron chi connectivity index (χ4n) is 5.43. The molecule has 0 bridgehead atoms. The predicted molar refractivity (Wildman–Crippen MR) is 136 cm³/mol. The van der Waals surface area contributed by atoms with Crippen LogP contribution in [0.2, 0.25) is 0 Å². The Bertz CT molecular complexity index is 757. The Morgan fingerprint density at radius 1 is 1.00 bits per heavy atom. The number of allylic oxidation sites excluding steroid dienone is 2. The van der Waals surface area contributed by atoms with E-state index in [1.165, 1.54) is 43.2 Å². The van der Waals surface area contributed by atoms with Crippen molar-refractivity contribution in [1.29, 1.82) is 0 Å². The molecular weight excluding hydrogens is 392 g/mol. The quantitative estimate of drug-likeness (QED) is 0.340. The lowest BCUT2D eigenvalue weighted by Crippen LogP contribution is -2.39. The van der Waals surface area contributed by atoms with Crippen molar-refractivity contribution in [1.82, 2.24) is 0 Å². The molecule has 1 aromatic rings. The molecule has 1 aromatic carbocycles. The van der Waals surface area contributed by atoms with Crippen LogP contribution in [-0.4, -0.2) is 12.9 Å². The molecule has 178 valence electrons. The van der Waals surface area contributed by atoms with Gasteiger partial charge in [-0.15, -0.1) is 0 Å². The zero-order valence-corrected chi connectivity index (χ0v) is 21.5. The first-order chi connectivity index (χ1) is 15.2. The van der Waals surface area contributed by atoms with Crippen LogP contribution >= 0.6 is 0 Å². The molecule has 32 heavy (non-hydrogen) atoms. The summed E-state index contributed by atoms with van der Waals surface area (Å²) in [7, 11) is 0. The van der Waals surface area contributed by atoms with Crippen molar-refractivity contribution < 1.29 is 9.47 Å². The van der Waals surface area contributed by atoms with Crippen molar-refractivity contribution in [2.45, 2.75) is 105 Å². The molecule has 0 aromatic heterocycles. The molecule has 0 saturated heterocycles. The smallest absolute Gasteiger partial charge is 0.205 e. The number of ether oxygens (including phenoxy) is 2. The van der Waals surface area contributed by atoms with Gasteiger partial charge < -0.3 is 9.47 Å². The second kappa shape index (κ2) is 11.1. The molecule has 1 saturated carbocycles. The molecule has 2 heteroatoms. The normalized spacial score (nSPS) is 20.3. The molecule has 0 aliphatic heterocycles. The molecule has 2 unspecified atom stereocenters. The van der Waals surface area contributed by atoms with Gasteiger partial charge in [-0.25, -0.2) is 0 Å². The maximum absolute atomic E-state index is 6.61. The maximum atomic E-state index is 6.61. The highest BCUT2D eigenvalue weighted by molar-refractivity contribution is 5.30. The highest BCUT2D eigenvalue weighted by atomic mass is 16.7. The second-order valence-electron chi connectivity index (χ2n) is 11.6. The van der Waals surface area contributed by atoms with Gasteiger partial charge in [0.1, 0.15) is 5.75 Å². The van der Waals surface area contributed by atoms with Gasteiger partial charge in [-0.1, -0.05) is 84.7 Å². The minimum atomic E-state index is -0.187. The lowest BCUT2D eigenvalue weighted by atomic mass is 9.76. The van der Waals surface area contributed by atoms with E-state index in [4.69, 9.17) is 9.47 Å². The predicted octanol–water partition coefficient (Wildman–Crippen LogP) is 8.83. The van der Waals surface area contributed by atoms with Crippen molar-refractivity contribution in [3.8, 4) is 5.75 Å². The van der Waals surface area contributed by atoms with E-state index in [9.17, 15) is 0 Å². The van der Waals surface area contributed by atoms with Crippen molar-refractivity contribution >= 4 is 0 Å². The second-order valence-corrected chi connectivity index (χ2v) is 11.6. The summed E-state index contributed by atoms with van der Waals surface area (Å²) in [5, 5.41) is 0. The molecule has 1 fully saturated rings. The van der Waals surface area contributed by atoms with E-state index in [1.54, 1.807) is 0 Å². The number of benzene rings is 1. The topological polar surface area (TPSA) is 18.5 Å². The Morgan fingerprint density at radius 3 is 2.22 bits per heavy atom. The monoisotopic (exact) mass is 438 g/mol. The van der Waals surface area contributed by atoms with Crippen molar-refractivity contribution in [2.24, 2.45) is 16.7 Å². The molecule has 0 amide bonds. The summed E-state index contributed by atoms with van der Waals surface area (Å²) in [5.41, 5.74) is 3.15. The van der Waals surface area contributed by atoms with Gasteiger partial charge in [0, 0.05) is 5.41 Å². The fraction of sp³-hybridized carbons (Fsp3) is 0.667. The summed E-state index contributed by atoms with van der Waals surface area (Å²) in [4.78, 5) is 0. The summed E-state index contributed by atoms with van der Waals surface area (Å²) in [6.07, 6.45) is 16.1. The highest BCUT2D eigenvalue weighted by Crippen LogP contribution is 2.46. The molecule has 3 rings (SSSR count). The van der Waals surface area contributed by atoms with Crippen LogP contribution < -0.4 is 4.74 Å². The molecular formula is C30H46O2. The third kappa shape index (κ3) is 6.73. The van der Waals surface area contributed by atoms with E-state index in [1.807, 2.05) is 0 Å². The maximum Gasteiger partial charge on any atom is 0.205 e. The molecule has 0 heterocycles. The molecule has 2 aliphatic rings. The Kier molecular flexibility index (Phi) is 8.67. The van der Waals surface area contributed by atoms with E-state index < -0.39 is 0 Å².